The van der Waals surface area contributed by atoms with Crippen molar-refractivity contribution in [1.82, 2.24) is 42.5 Å². The lowest BCUT2D eigenvalue weighted by atomic mass is 9.91. The Bertz CT molecular complexity index is 4540. The number of aliphatic carboxylic acids is 2. The second-order valence-corrected chi connectivity index (χ2v) is 28.1. The van der Waals surface area contributed by atoms with E-state index >= 15 is 0 Å². The molecule has 8 amide bonds. The van der Waals surface area contributed by atoms with Crippen LogP contribution in [0.15, 0.2) is 153 Å². The van der Waals surface area contributed by atoms with Gasteiger partial charge in [-0.05, 0) is 126 Å². The number of phenolic OH excluding ortho intramolecular Hbond substituents is 2. The Morgan fingerprint density at radius 3 is 0.957 bits per heavy atom. The third-order valence-corrected chi connectivity index (χ3v) is 19.0. The number of phenols is 2. The maximum absolute atomic E-state index is 14.2. The van der Waals surface area contributed by atoms with Gasteiger partial charge in [0.2, 0.25) is 47.3 Å². The highest BCUT2D eigenvalue weighted by molar-refractivity contribution is 6.01. The van der Waals surface area contributed by atoms with Gasteiger partial charge < -0.3 is 109 Å². The number of fused-ring (bicyclic) bond motifs is 2. The standard InChI is InChI=1S/C40H52N10O8.C39H50N10O8/c41-39(42)45-17-3-7-27-22-33(52)29(8-4-18-46-40(43)44)47-37(57)31(20-23-10-13-28(51)14-11-23)50-36(56)30(15-16-34(53)54)48-38(58)32(49-35(27)55)21-24-9-12-25-5-1-2-6-26(25)19-24;40-38(41)44-15-3-7-26-20-32(51)28(8-4-16-45-39(42)43)46-35(55)29(18-22-10-13-27(50)14-11-22)48-37(57)31(21-33(52)53)49-36(56)30(47-34(26)54)19-23-9-12-24-5-1-2-6-25(24)17-23/h1-2,5-6,9-14,19,27,29-32,51H,3-4,7-8,15-18,20-22H2,(H,47,57)(H,48,58)(H,49,55)(H,50,56)(H,53,54)(H4,41,42,45)(H4,43,44,46);1-2,5-6,9-14,17,26,28-31,50H,3-4,7-8,15-16,18-21H2,(H,46,55)(H,47,54)(H,48,57)(H,49,56)(H,52,53)(H4,40,41,44)(H4,42,43,45)/t27-,29+,30-,31-,32+;26-,28+,29-,30+,31-/m11/s1. The number of nitrogens with one attached hydrogen (secondary N) is 8. The van der Waals surface area contributed by atoms with E-state index in [4.69, 9.17) is 45.9 Å². The van der Waals surface area contributed by atoms with E-state index in [0.29, 0.717) is 22.3 Å². The van der Waals surface area contributed by atoms with Crippen LogP contribution >= 0.6 is 0 Å². The molecule has 2 aliphatic rings. The van der Waals surface area contributed by atoms with E-state index in [1.54, 1.807) is 24.3 Å². The van der Waals surface area contributed by atoms with Crippen molar-refractivity contribution < 1.29 is 78.0 Å². The van der Waals surface area contributed by atoms with Crippen LogP contribution in [0.3, 0.4) is 0 Å². The largest absolute Gasteiger partial charge is 0.508 e. The fraction of sp³-hybridized carbons (Fsp3) is 0.392. The van der Waals surface area contributed by atoms with Crippen molar-refractivity contribution in [3.05, 3.63) is 156 Å². The van der Waals surface area contributed by atoms with Gasteiger partial charge in [-0.15, -0.1) is 0 Å². The van der Waals surface area contributed by atoms with E-state index in [1.165, 1.54) is 36.4 Å². The van der Waals surface area contributed by atoms with Gasteiger partial charge in [-0.25, -0.2) is 0 Å². The Kier molecular flexibility index (Phi) is 34.4. The Morgan fingerprint density at radius 1 is 0.322 bits per heavy atom. The number of benzene rings is 6. The normalized spacial score (nSPS) is 20.8. The molecule has 0 bridgehead atoms. The fourth-order valence-corrected chi connectivity index (χ4v) is 13.1. The zero-order valence-electron chi connectivity index (χ0n) is 63.4. The molecule has 0 aromatic heterocycles. The first-order chi connectivity index (χ1) is 54.9. The summed E-state index contributed by atoms with van der Waals surface area (Å²) >= 11 is 0. The number of guanidine groups is 4. The van der Waals surface area contributed by atoms with E-state index in [-0.39, 0.29) is 158 Å². The predicted molar refractivity (Wildman–Crippen MR) is 429 cm³/mol. The summed E-state index contributed by atoms with van der Waals surface area (Å²) < 4.78 is 0. The summed E-state index contributed by atoms with van der Waals surface area (Å²) in [6.07, 6.45) is -1.34. The molecule has 0 aliphatic carbocycles. The van der Waals surface area contributed by atoms with E-state index in [9.17, 15) is 78.0 Å². The van der Waals surface area contributed by atoms with Crippen molar-refractivity contribution in [3.8, 4) is 11.5 Å². The van der Waals surface area contributed by atoms with Gasteiger partial charge in [-0.3, -0.25) is 77.5 Å². The Balaban J connectivity index is 0.000000318. The number of ketones is 2. The zero-order chi connectivity index (χ0) is 83.7. The Hall–Kier alpha value is -13.4. The Morgan fingerprint density at radius 2 is 0.609 bits per heavy atom. The first-order valence-electron chi connectivity index (χ1n) is 37.5. The van der Waals surface area contributed by atoms with Crippen molar-refractivity contribution in [2.45, 2.75) is 157 Å². The molecule has 2 aliphatic heterocycles. The van der Waals surface area contributed by atoms with Gasteiger partial charge in [0.25, 0.3) is 0 Å². The molecule has 614 valence electrons. The van der Waals surface area contributed by atoms with Gasteiger partial charge >= 0.3 is 11.9 Å². The van der Waals surface area contributed by atoms with E-state index in [0.717, 1.165) is 21.5 Å². The van der Waals surface area contributed by atoms with Crippen LogP contribution in [0.25, 0.3) is 21.5 Å². The summed E-state index contributed by atoms with van der Waals surface area (Å²) in [6.45, 7) is 0.550. The second kappa shape index (κ2) is 44.6. The summed E-state index contributed by atoms with van der Waals surface area (Å²) in [5.41, 5.74) is 46.3. The molecule has 28 N–H and O–H groups in total. The van der Waals surface area contributed by atoms with E-state index in [2.05, 4.69) is 62.5 Å². The lowest BCUT2D eigenvalue weighted by Gasteiger charge is -2.26. The minimum Gasteiger partial charge on any atom is -0.508 e. The maximum Gasteiger partial charge on any atom is 0.305 e. The molecule has 2 heterocycles. The van der Waals surface area contributed by atoms with Crippen LogP contribution in [-0.2, 0) is 83.2 Å². The number of hydrogen-bond donors (Lipinski definition) is 20. The average molecular weight is 1590 g/mol. The van der Waals surface area contributed by atoms with Crippen molar-refractivity contribution >= 4 is 116 Å². The van der Waals surface area contributed by atoms with Crippen LogP contribution in [0, 0.1) is 11.8 Å². The first kappa shape index (κ1) is 88.8. The number of rotatable bonds is 29. The number of carbonyl (C=O) groups is 12. The molecule has 10 atom stereocenters. The topological polar surface area (TPSA) is 640 Å². The Labute approximate surface area is 662 Å². The van der Waals surface area contributed by atoms with Gasteiger partial charge in [0.15, 0.2) is 35.4 Å². The van der Waals surface area contributed by atoms with Gasteiger partial charge in [0.05, 0.1) is 18.5 Å². The minimum absolute atomic E-state index is 0.0265. The lowest BCUT2D eigenvalue weighted by molar-refractivity contribution is -0.141. The molecule has 0 saturated carbocycles. The average Bonchev–Trinajstić information content (AvgIpc) is 1.33. The first-order valence-corrected chi connectivity index (χ1v) is 37.5. The minimum atomic E-state index is -1.68. The number of nitrogens with zero attached hydrogens (tertiary/aromatic N) is 4. The summed E-state index contributed by atoms with van der Waals surface area (Å²) in [7, 11) is 0. The number of amides is 8. The van der Waals surface area contributed by atoms with Crippen molar-refractivity contribution in [1.29, 1.82) is 0 Å². The fourth-order valence-electron chi connectivity index (χ4n) is 13.1. The number of carboxylic acid groups (broad SMARTS) is 2. The molecule has 115 heavy (non-hydrogen) atoms. The molecule has 36 nitrogen and oxygen atoms in total. The molecule has 8 rings (SSSR count). The molecular weight excluding hydrogens is 1480 g/mol. The SMILES string of the molecule is NC(N)=NCCC[C@@H]1CC(=O)[C@H](CCCN=C(N)N)NC(=O)[C@@H](Cc2ccc(O)cc2)NC(=O)[C@@H](CC(=O)O)NC(=O)[C@H](Cc2ccc3ccccc3c2)NC1=O.NC(N)=NCCC[C@@H]1CC(=O)[C@H](CCCN=C(N)N)NC(=O)[C@@H](Cc2ccc(O)cc2)NC(=O)[C@@H](CCC(=O)O)NC(=O)[C@H](Cc2ccc3ccccc3c2)NC1=O. The highest BCUT2D eigenvalue weighted by atomic mass is 16.4. The maximum atomic E-state index is 14.2. The third-order valence-electron chi connectivity index (χ3n) is 19.0. The second-order valence-electron chi connectivity index (χ2n) is 28.1. The molecule has 36 heteroatoms. The predicted octanol–water partition coefficient (Wildman–Crippen LogP) is -0.729. The lowest BCUT2D eigenvalue weighted by Crippen LogP contribution is -2.58. The molecule has 2 saturated heterocycles. The number of aromatic hydroxyl groups is 2. The number of carboxylic acids is 2. The van der Waals surface area contributed by atoms with Crippen LogP contribution in [0.4, 0.5) is 0 Å². The number of carbonyl (C=O) groups excluding carboxylic acids is 10. The van der Waals surface area contributed by atoms with Crippen LogP contribution in [0.5, 0.6) is 11.5 Å². The summed E-state index contributed by atoms with van der Waals surface area (Å²) in [6, 6.07) is 27.1. The summed E-state index contributed by atoms with van der Waals surface area (Å²) in [4.78, 5) is 180. The monoisotopic (exact) mass is 1590 g/mol. The van der Waals surface area contributed by atoms with Crippen LogP contribution in [-0.4, -0.2) is 190 Å². The molecule has 0 spiro atoms. The van der Waals surface area contributed by atoms with Gasteiger partial charge in [0.1, 0.15) is 47.8 Å². The molecule has 6 aromatic carbocycles. The number of hydrogen-bond acceptors (Lipinski definition) is 18. The molecule has 2 fully saturated rings. The number of Topliss-reactive ketones (excluding diaryl/α,β-unsaturated/α-hetero) is 2. The summed E-state index contributed by atoms with van der Waals surface area (Å²) in [5.74, 6) is -12.8. The highest BCUT2D eigenvalue weighted by Gasteiger charge is 2.39. The molecular formula is C79H102N20O16. The third kappa shape index (κ3) is 30.3. The quantitative estimate of drug-likeness (QED) is 0.0156. The van der Waals surface area contributed by atoms with Crippen molar-refractivity contribution in [2.24, 2.45) is 77.7 Å². The van der Waals surface area contributed by atoms with Crippen LogP contribution in [0.2, 0.25) is 0 Å². The van der Waals surface area contributed by atoms with Crippen LogP contribution < -0.4 is 88.4 Å². The molecule has 0 radical (unpaired) electrons. The van der Waals surface area contributed by atoms with E-state index in [1.807, 2.05) is 72.8 Å². The van der Waals surface area contributed by atoms with Gasteiger partial charge in [-0.1, -0.05) is 109 Å². The van der Waals surface area contributed by atoms with Crippen molar-refractivity contribution in [2.75, 3.05) is 26.2 Å². The zero-order valence-corrected chi connectivity index (χ0v) is 63.4. The van der Waals surface area contributed by atoms with Gasteiger partial charge in [0, 0.05) is 83.0 Å². The van der Waals surface area contributed by atoms with Gasteiger partial charge in [-0.2, -0.15) is 0 Å². The van der Waals surface area contributed by atoms with Crippen molar-refractivity contribution in [3.63, 3.8) is 0 Å². The van der Waals surface area contributed by atoms with Crippen LogP contribution in [0.1, 0.15) is 106 Å². The summed E-state index contributed by atoms with van der Waals surface area (Å²) in [5, 5.41) is 64.0. The smallest absolute Gasteiger partial charge is 0.305 e. The number of nitrogens with two attached hydrogens (primary N) is 8. The molecule has 6 aromatic rings. The van der Waals surface area contributed by atoms with E-state index < -0.39 is 144 Å². The highest BCUT2D eigenvalue weighted by Crippen LogP contribution is 2.24. The molecule has 0 unspecified atom stereocenters. The number of aliphatic imine (C=N–C) groups is 4.